The number of hydrogen-bond acceptors (Lipinski definition) is 5. The highest BCUT2D eigenvalue weighted by Crippen LogP contribution is 2.30. The third-order valence-electron chi connectivity index (χ3n) is 5.24. The van der Waals surface area contributed by atoms with Crippen molar-refractivity contribution < 1.29 is 14.0 Å². The highest BCUT2D eigenvalue weighted by atomic mass is 35.5. The quantitative estimate of drug-likeness (QED) is 0.454. The molecule has 1 aliphatic carbocycles. The number of nitrogens with one attached hydrogen (secondary N) is 2. The Kier molecular flexibility index (Phi) is 6.98. The summed E-state index contributed by atoms with van der Waals surface area (Å²) in [4.78, 5) is 26.4. The third kappa shape index (κ3) is 4.90. The first-order valence-electron chi connectivity index (χ1n) is 10.2. The van der Waals surface area contributed by atoms with E-state index in [9.17, 15) is 9.59 Å². The predicted octanol–water partition coefficient (Wildman–Crippen LogP) is 5.40. The first kappa shape index (κ1) is 22.6. The Hall–Kier alpha value is -2.61. The second-order valence-electron chi connectivity index (χ2n) is 7.42. The molecule has 2 amide bonds. The average molecular weight is 490 g/mol. The van der Waals surface area contributed by atoms with Crippen LogP contribution in [0.4, 0.5) is 0 Å². The third-order valence-corrected chi connectivity index (χ3v) is 6.72. The largest absolute Gasteiger partial charge is 0.455 e. The molecule has 2 N–H and O–H groups in total. The van der Waals surface area contributed by atoms with Crippen molar-refractivity contribution in [2.45, 2.75) is 32.6 Å². The summed E-state index contributed by atoms with van der Waals surface area (Å²) >= 11 is 13.7. The van der Waals surface area contributed by atoms with Gasteiger partial charge in [0, 0.05) is 34.0 Å². The fourth-order valence-corrected chi connectivity index (χ4v) is 4.89. The van der Waals surface area contributed by atoms with E-state index >= 15 is 0 Å². The zero-order valence-corrected chi connectivity index (χ0v) is 19.7. The SMILES string of the molecule is Cc1c(C(=O)NCCc2cccs2)oc2c1/C(=N/NC(=O)c1ccc(Cl)cc1Cl)CCC2. The van der Waals surface area contributed by atoms with Crippen LogP contribution in [0.15, 0.2) is 45.2 Å². The highest BCUT2D eigenvalue weighted by molar-refractivity contribution is 7.09. The van der Waals surface area contributed by atoms with E-state index in [2.05, 4.69) is 15.8 Å². The summed E-state index contributed by atoms with van der Waals surface area (Å²) in [6.07, 6.45) is 2.97. The number of benzene rings is 1. The van der Waals surface area contributed by atoms with Crippen LogP contribution in [0.5, 0.6) is 0 Å². The Balaban J connectivity index is 1.48. The Morgan fingerprint density at radius 3 is 2.78 bits per heavy atom. The van der Waals surface area contributed by atoms with Gasteiger partial charge in [-0.3, -0.25) is 9.59 Å². The molecule has 0 saturated carbocycles. The van der Waals surface area contributed by atoms with Gasteiger partial charge in [-0.1, -0.05) is 29.3 Å². The van der Waals surface area contributed by atoms with Crippen LogP contribution in [0, 0.1) is 6.92 Å². The van der Waals surface area contributed by atoms with E-state index in [4.69, 9.17) is 27.6 Å². The molecule has 0 atom stereocenters. The van der Waals surface area contributed by atoms with Gasteiger partial charge in [0.05, 0.1) is 16.3 Å². The highest BCUT2D eigenvalue weighted by Gasteiger charge is 2.28. The fraction of sp³-hybridized carbons (Fsp3) is 0.261. The molecule has 0 spiro atoms. The molecular weight excluding hydrogens is 469 g/mol. The van der Waals surface area contributed by atoms with Crippen molar-refractivity contribution in [3.63, 3.8) is 0 Å². The van der Waals surface area contributed by atoms with Gasteiger partial charge in [-0.15, -0.1) is 11.3 Å². The number of rotatable bonds is 6. The van der Waals surface area contributed by atoms with E-state index in [-0.39, 0.29) is 16.5 Å². The zero-order valence-electron chi connectivity index (χ0n) is 17.3. The summed E-state index contributed by atoms with van der Waals surface area (Å²) in [5.74, 6) is 0.335. The maximum atomic E-state index is 12.7. The van der Waals surface area contributed by atoms with Crippen LogP contribution in [-0.4, -0.2) is 24.1 Å². The molecule has 32 heavy (non-hydrogen) atoms. The molecule has 1 aromatic carbocycles. The number of fused-ring (bicyclic) bond motifs is 1. The van der Waals surface area contributed by atoms with Gasteiger partial charge in [-0.2, -0.15) is 5.10 Å². The van der Waals surface area contributed by atoms with Crippen molar-refractivity contribution >= 4 is 52.1 Å². The van der Waals surface area contributed by atoms with Gasteiger partial charge in [0.15, 0.2) is 5.76 Å². The van der Waals surface area contributed by atoms with Crippen LogP contribution in [-0.2, 0) is 12.8 Å². The van der Waals surface area contributed by atoms with Crippen molar-refractivity contribution in [1.82, 2.24) is 10.7 Å². The summed E-state index contributed by atoms with van der Waals surface area (Å²) in [5, 5.41) is 9.97. The monoisotopic (exact) mass is 489 g/mol. The summed E-state index contributed by atoms with van der Waals surface area (Å²) in [6.45, 7) is 2.37. The number of hydrogen-bond donors (Lipinski definition) is 2. The lowest BCUT2D eigenvalue weighted by molar-refractivity contribution is 0.0922. The van der Waals surface area contributed by atoms with E-state index in [0.29, 0.717) is 35.9 Å². The van der Waals surface area contributed by atoms with Crippen LogP contribution in [0.2, 0.25) is 10.0 Å². The van der Waals surface area contributed by atoms with Gasteiger partial charge in [0.1, 0.15) is 5.76 Å². The lowest BCUT2D eigenvalue weighted by Crippen LogP contribution is -2.26. The van der Waals surface area contributed by atoms with Gasteiger partial charge < -0.3 is 9.73 Å². The second kappa shape index (κ2) is 9.90. The van der Waals surface area contributed by atoms with Gasteiger partial charge in [0.2, 0.25) is 0 Å². The Labute approximate surface area is 199 Å². The van der Waals surface area contributed by atoms with Crippen molar-refractivity contribution in [3.8, 4) is 0 Å². The molecule has 3 aromatic rings. The maximum Gasteiger partial charge on any atom is 0.287 e. The molecule has 0 saturated heterocycles. The van der Waals surface area contributed by atoms with Crippen molar-refractivity contribution in [2.24, 2.45) is 5.10 Å². The van der Waals surface area contributed by atoms with E-state index in [0.717, 1.165) is 29.7 Å². The van der Waals surface area contributed by atoms with Gasteiger partial charge >= 0.3 is 0 Å². The Morgan fingerprint density at radius 2 is 2.03 bits per heavy atom. The molecule has 0 fully saturated rings. The number of carbonyl (C=O) groups is 2. The predicted molar refractivity (Wildman–Crippen MR) is 127 cm³/mol. The molecule has 1 aliphatic rings. The Morgan fingerprint density at radius 1 is 1.19 bits per heavy atom. The number of thiophene rings is 1. The number of nitrogens with zero attached hydrogens (tertiary/aromatic N) is 1. The fourth-order valence-electron chi connectivity index (χ4n) is 3.68. The topological polar surface area (TPSA) is 83.7 Å². The molecule has 0 bridgehead atoms. The molecule has 4 rings (SSSR count). The van der Waals surface area contributed by atoms with Crippen LogP contribution in [0.3, 0.4) is 0 Å². The van der Waals surface area contributed by atoms with Crippen molar-refractivity contribution in [1.29, 1.82) is 0 Å². The minimum atomic E-state index is -0.431. The molecular formula is C23H21Cl2N3O3S. The van der Waals surface area contributed by atoms with Crippen molar-refractivity contribution in [3.05, 3.63) is 78.8 Å². The van der Waals surface area contributed by atoms with E-state index in [1.54, 1.807) is 23.5 Å². The minimum absolute atomic E-state index is 0.246. The van der Waals surface area contributed by atoms with Crippen LogP contribution in [0.1, 0.15) is 55.5 Å². The minimum Gasteiger partial charge on any atom is -0.455 e. The van der Waals surface area contributed by atoms with E-state index in [1.807, 2.05) is 24.4 Å². The first-order valence-corrected chi connectivity index (χ1v) is 11.8. The first-order chi connectivity index (χ1) is 15.4. The molecule has 2 heterocycles. The second-order valence-corrected chi connectivity index (χ2v) is 9.29. The molecule has 9 heteroatoms. The smallest absolute Gasteiger partial charge is 0.287 e. The number of carbonyl (C=O) groups excluding carboxylic acids is 2. The summed E-state index contributed by atoms with van der Waals surface area (Å²) in [5.41, 5.74) is 5.05. The van der Waals surface area contributed by atoms with Crippen LogP contribution < -0.4 is 10.7 Å². The van der Waals surface area contributed by atoms with Gasteiger partial charge in [-0.25, -0.2) is 5.43 Å². The van der Waals surface area contributed by atoms with Crippen LogP contribution >= 0.6 is 34.5 Å². The molecule has 0 radical (unpaired) electrons. The summed E-state index contributed by atoms with van der Waals surface area (Å²) in [7, 11) is 0. The van der Waals surface area contributed by atoms with Crippen LogP contribution in [0.25, 0.3) is 0 Å². The summed E-state index contributed by atoms with van der Waals surface area (Å²) < 4.78 is 5.90. The van der Waals surface area contributed by atoms with E-state index in [1.165, 1.54) is 10.9 Å². The lowest BCUT2D eigenvalue weighted by atomic mass is 9.93. The number of furan rings is 1. The number of aryl methyl sites for hydroxylation is 1. The standard InChI is InChI=1S/C23H21Cl2N3O3S/c1-13-20-18(27-28-22(29)16-8-7-14(24)12-17(16)25)5-2-6-19(20)31-21(13)23(30)26-10-9-15-4-3-11-32-15/h3-4,7-8,11-12H,2,5-6,9-10H2,1H3,(H,26,30)(H,28,29)/b27-18+. The van der Waals surface area contributed by atoms with E-state index < -0.39 is 5.91 Å². The normalized spacial score (nSPS) is 14.3. The molecule has 6 nitrogen and oxygen atoms in total. The lowest BCUT2D eigenvalue weighted by Gasteiger charge is -2.13. The molecule has 2 aromatic heterocycles. The number of halogens is 2. The zero-order chi connectivity index (χ0) is 22.7. The van der Waals surface area contributed by atoms with Gasteiger partial charge in [-0.05, 0) is 55.8 Å². The van der Waals surface area contributed by atoms with Crippen molar-refractivity contribution in [2.75, 3.05) is 6.54 Å². The summed E-state index contributed by atoms with van der Waals surface area (Å²) in [6, 6.07) is 8.69. The number of hydrazone groups is 1. The van der Waals surface area contributed by atoms with Gasteiger partial charge in [0.25, 0.3) is 11.8 Å². The average Bonchev–Trinajstić information content (AvgIpc) is 3.40. The molecule has 0 unspecified atom stereocenters. The molecule has 166 valence electrons. The Bertz CT molecular complexity index is 1190. The number of amides is 2. The molecule has 0 aliphatic heterocycles. The maximum absolute atomic E-state index is 12.7.